The third kappa shape index (κ3) is 2.83. The van der Waals surface area contributed by atoms with E-state index >= 15 is 0 Å². The van der Waals surface area contributed by atoms with Crippen LogP contribution in [-0.4, -0.2) is 6.79 Å². The first-order valence-corrected chi connectivity index (χ1v) is 12.2. The Balaban J connectivity index is 1.28. The van der Waals surface area contributed by atoms with Gasteiger partial charge in [0.1, 0.15) is 0 Å². The molecule has 0 unspecified atom stereocenters. The molecular weight excluding hydrogens is 420 g/mol. The fourth-order valence-corrected chi connectivity index (χ4v) is 6.72. The molecule has 0 spiro atoms. The van der Waals surface area contributed by atoms with Gasteiger partial charge in [0.2, 0.25) is 6.79 Å². The van der Waals surface area contributed by atoms with Gasteiger partial charge in [0.25, 0.3) is 0 Å². The Morgan fingerprint density at radius 2 is 1.42 bits per heavy atom. The second kappa shape index (κ2) is 6.71. The van der Waals surface area contributed by atoms with Crippen LogP contribution < -0.4 is 9.47 Å². The molecule has 1 aliphatic heterocycles. The molecule has 2 aromatic heterocycles. The van der Waals surface area contributed by atoms with Crippen molar-refractivity contribution in [2.45, 2.75) is 12.8 Å². The van der Waals surface area contributed by atoms with Crippen molar-refractivity contribution in [3.8, 4) is 11.5 Å². The van der Waals surface area contributed by atoms with Crippen molar-refractivity contribution in [3.05, 3.63) is 82.6 Å². The smallest absolute Gasteiger partial charge is 0.231 e. The summed E-state index contributed by atoms with van der Waals surface area (Å²) in [6.45, 7) is 0.328. The van der Waals surface area contributed by atoms with Crippen LogP contribution in [0.15, 0.2) is 72.1 Å². The molecule has 0 amide bonds. The van der Waals surface area contributed by atoms with E-state index in [0.29, 0.717) is 6.79 Å². The van der Waals surface area contributed by atoms with Crippen molar-refractivity contribution in [1.29, 1.82) is 0 Å². The molecule has 0 N–H and O–H groups in total. The first kappa shape index (κ1) is 17.6. The second-order valence-electron chi connectivity index (χ2n) is 8.08. The van der Waals surface area contributed by atoms with Gasteiger partial charge in [-0.1, -0.05) is 30.3 Å². The van der Waals surface area contributed by atoms with Crippen LogP contribution >= 0.6 is 22.7 Å². The van der Waals surface area contributed by atoms with Gasteiger partial charge in [-0.15, -0.1) is 22.7 Å². The predicted molar refractivity (Wildman–Crippen MR) is 132 cm³/mol. The Morgan fingerprint density at radius 1 is 0.645 bits per heavy atom. The maximum atomic E-state index is 5.53. The standard InChI is InChI=1S/C27H18O2S2/c1(16-2-8-24-25(11-16)29-15-28-24)7-21-12-20-6-5-19-13-22-18(14-23(19)27(20)31-21)4-3-17-9-10-30-26(17)22/h2-6,8-14H,1,7,15H2. The molecule has 0 radical (unpaired) electrons. The summed E-state index contributed by atoms with van der Waals surface area (Å²) in [4.78, 5) is 1.42. The molecule has 0 fully saturated rings. The first-order chi connectivity index (χ1) is 15.3. The SMILES string of the molecule is c1cc2ccc3cc4c(ccc5cc(CCc6ccc7c(c6)OCO7)sc54)cc3c2s1. The van der Waals surface area contributed by atoms with Crippen LogP contribution in [-0.2, 0) is 12.8 Å². The Hall–Kier alpha value is -3.08. The van der Waals surface area contributed by atoms with E-state index in [1.807, 2.05) is 28.7 Å². The lowest BCUT2D eigenvalue weighted by molar-refractivity contribution is 0.174. The number of thiophene rings is 2. The second-order valence-corrected chi connectivity index (χ2v) is 10.1. The Kier molecular flexibility index (Phi) is 3.81. The van der Waals surface area contributed by atoms with Crippen LogP contribution in [0.3, 0.4) is 0 Å². The van der Waals surface area contributed by atoms with Crippen LogP contribution in [0.1, 0.15) is 10.4 Å². The van der Waals surface area contributed by atoms with Crippen molar-refractivity contribution < 1.29 is 9.47 Å². The maximum absolute atomic E-state index is 5.53. The molecule has 0 bridgehead atoms. The zero-order chi connectivity index (χ0) is 20.4. The van der Waals surface area contributed by atoms with E-state index in [0.717, 1.165) is 24.3 Å². The number of aryl methyl sites for hydroxylation is 2. The number of hydrogen-bond acceptors (Lipinski definition) is 4. The van der Waals surface area contributed by atoms with Gasteiger partial charge in [0, 0.05) is 25.0 Å². The fraction of sp³-hybridized carbons (Fsp3) is 0.111. The summed E-state index contributed by atoms with van der Waals surface area (Å²) >= 11 is 3.76. The molecule has 6 aromatic rings. The van der Waals surface area contributed by atoms with Gasteiger partial charge in [0.15, 0.2) is 11.5 Å². The van der Waals surface area contributed by atoms with Gasteiger partial charge in [-0.25, -0.2) is 0 Å². The van der Waals surface area contributed by atoms with Crippen molar-refractivity contribution in [2.24, 2.45) is 0 Å². The lowest BCUT2D eigenvalue weighted by Gasteiger charge is -2.05. The summed E-state index contributed by atoms with van der Waals surface area (Å²) in [5, 5.41) is 10.2. The largest absolute Gasteiger partial charge is 0.454 e. The zero-order valence-corrected chi connectivity index (χ0v) is 18.3. The molecule has 0 aliphatic carbocycles. The van der Waals surface area contributed by atoms with Crippen molar-refractivity contribution in [1.82, 2.24) is 0 Å². The minimum Gasteiger partial charge on any atom is -0.454 e. The predicted octanol–water partition coefficient (Wildman–Crippen LogP) is 7.94. The number of fused-ring (bicyclic) bond motifs is 7. The van der Waals surface area contributed by atoms with Gasteiger partial charge >= 0.3 is 0 Å². The van der Waals surface area contributed by atoms with E-state index in [9.17, 15) is 0 Å². The van der Waals surface area contributed by atoms with E-state index in [2.05, 4.69) is 66.0 Å². The van der Waals surface area contributed by atoms with Gasteiger partial charge in [-0.3, -0.25) is 0 Å². The molecule has 2 nitrogen and oxygen atoms in total. The molecule has 0 saturated heterocycles. The average molecular weight is 439 g/mol. The van der Waals surface area contributed by atoms with Gasteiger partial charge in [-0.05, 0) is 81.7 Å². The summed E-state index contributed by atoms with van der Waals surface area (Å²) in [5.74, 6) is 1.72. The summed E-state index contributed by atoms with van der Waals surface area (Å²) in [5.41, 5.74) is 1.29. The quantitative estimate of drug-likeness (QED) is 0.261. The lowest BCUT2D eigenvalue weighted by atomic mass is 10.0. The lowest BCUT2D eigenvalue weighted by Crippen LogP contribution is -1.93. The minimum absolute atomic E-state index is 0.328. The Morgan fingerprint density at radius 3 is 2.32 bits per heavy atom. The Labute approximate surface area is 187 Å². The molecule has 31 heavy (non-hydrogen) atoms. The van der Waals surface area contributed by atoms with Gasteiger partial charge < -0.3 is 9.47 Å². The average Bonchev–Trinajstić information content (AvgIpc) is 3.54. The maximum Gasteiger partial charge on any atom is 0.231 e. The van der Waals surface area contributed by atoms with Crippen LogP contribution in [0.4, 0.5) is 0 Å². The number of rotatable bonds is 3. The summed E-state index contributed by atoms with van der Waals surface area (Å²) < 4.78 is 13.7. The molecule has 7 rings (SSSR count). The number of ether oxygens (including phenoxy) is 2. The van der Waals surface area contributed by atoms with E-state index < -0.39 is 0 Å². The van der Waals surface area contributed by atoms with E-state index in [-0.39, 0.29) is 0 Å². The number of hydrogen-bond donors (Lipinski definition) is 0. The third-order valence-electron chi connectivity index (χ3n) is 6.20. The van der Waals surface area contributed by atoms with Crippen molar-refractivity contribution >= 4 is 64.4 Å². The highest BCUT2D eigenvalue weighted by Gasteiger charge is 2.14. The van der Waals surface area contributed by atoms with Crippen LogP contribution in [0.25, 0.3) is 41.7 Å². The van der Waals surface area contributed by atoms with Gasteiger partial charge in [-0.2, -0.15) is 0 Å². The third-order valence-corrected chi connectivity index (χ3v) is 8.41. The Bertz CT molecular complexity index is 1620. The van der Waals surface area contributed by atoms with Gasteiger partial charge in [0.05, 0.1) is 0 Å². The zero-order valence-electron chi connectivity index (χ0n) is 16.7. The molecule has 4 heteroatoms. The molecular formula is C27H18O2S2. The van der Waals surface area contributed by atoms with E-state index in [1.54, 1.807) is 0 Å². The van der Waals surface area contributed by atoms with Crippen LogP contribution in [0.5, 0.6) is 11.5 Å². The summed E-state index contributed by atoms with van der Waals surface area (Å²) in [6, 6.07) is 24.7. The molecule has 3 heterocycles. The minimum atomic E-state index is 0.328. The van der Waals surface area contributed by atoms with E-state index in [4.69, 9.17) is 9.47 Å². The van der Waals surface area contributed by atoms with Crippen molar-refractivity contribution in [3.63, 3.8) is 0 Å². The molecule has 0 saturated carbocycles. The van der Waals surface area contributed by atoms with Crippen LogP contribution in [0.2, 0.25) is 0 Å². The van der Waals surface area contributed by atoms with Crippen LogP contribution in [0, 0.1) is 0 Å². The van der Waals surface area contributed by atoms with E-state index in [1.165, 1.54) is 52.2 Å². The normalized spacial score (nSPS) is 13.2. The van der Waals surface area contributed by atoms with Crippen molar-refractivity contribution in [2.75, 3.05) is 6.79 Å². The molecule has 0 atom stereocenters. The first-order valence-electron chi connectivity index (χ1n) is 10.5. The topological polar surface area (TPSA) is 18.5 Å². The fourth-order valence-electron chi connectivity index (χ4n) is 4.61. The molecule has 150 valence electrons. The highest BCUT2D eigenvalue weighted by atomic mass is 32.1. The summed E-state index contributed by atoms with van der Waals surface area (Å²) in [6.07, 6.45) is 2.03. The molecule has 1 aliphatic rings. The molecule has 4 aromatic carbocycles. The number of benzene rings is 4. The monoisotopic (exact) mass is 438 g/mol. The highest BCUT2D eigenvalue weighted by molar-refractivity contribution is 7.20. The summed E-state index contributed by atoms with van der Waals surface area (Å²) in [7, 11) is 0. The highest BCUT2D eigenvalue weighted by Crippen LogP contribution is 2.38.